The first kappa shape index (κ1) is 15.4. The van der Waals surface area contributed by atoms with Gasteiger partial charge in [-0.05, 0) is 18.2 Å². The Bertz CT molecular complexity index is 522. The van der Waals surface area contributed by atoms with Gasteiger partial charge < -0.3 is 15.8 Å². The lowest BCUT2D eigenvalue weighted by Crippen LogP contribution is -2.14. The molecule has 0 amide bonds. The van der Waals surface area contributed by atoms with Gasteiger partial charge >= 0.3 is 0 Å². The molecule has 1 aromatic carbocycles. The Morgan fingerprint density at radius 3 is 2.95 bits per heavy atom. The van der Waals surface area contributed by atoms with Crippen molar-refractivity contribution >= 4 is 11.5 Å². The third-order valence-corrected chi connectivity index (χ3v) is 2.49. The van der Waals surface area contributed by atoms with E-state index in [1.54, 1.807) is 25.2 Å². The number of nitrogens with two attached hydrogens (primary N) is 1. The number of nitrogens with one attached hydrogen (secondary N) is 1. The number of ether oxygens (including phenoxy) is 1. The van der Waals surface area contributed by atoms with Gasteiger partial charge in [-0.25, -0.2) is 0 Å². The van der Waals surface area contributed by atoms with Crippen LogP contribution in [0.1, 0.15) is 12.0 Å². The van der Waals surface area contributed by atoms with Crippen molar-refractivity contribution in [1.82, 2.24) is 0 Å². The first-order valence-corrected chi connectivity index (χ1v) is 6.14. The van der Waals surface area contributed by atoms with Gasteiger partial charge in [0.2, 0.25) is 0 Å². The Kier molecular flexibility index (Phi) is 6.54. The second-order valence-electron chi connectivity index (χ2n) is 3.84. The summed E-state index contributed by atoms with van der Waals surface area (Å²) in [6.07, 6.45) is 0.333. The third-order valence-electron chi connectivity index (χ3n) is 2.49. The Morgan fingerprint density at radius 1 is 1.50 bits per heavy atom. The average Bonchev–Trinajstić information content (AvgIpc) is 2.47. The molecule has 20 heavy (non-hydrogen) atoms. The van der Waals surface area contributed by atoms with E-state index in [0.717, 1.165) is 11.3 Å². The van der Waals surface area contributed by atoms with Crippen molar-refractivity contribution in [1.29, 1.82) is 5.26 Å². The minimum absolute atomic E-state index is 0.0999. The lowest BCUT2D eigenvalue weighted by atomic mass is 10.1. The number of nitriles is 1. The SMILES string of the molecule is CNc1cc(C(N)=NCCC#N)ccc1OCCN=O. The summed E-state index contributed by atoms with van der Waals surface area (Å²) in [6, 6.07) is 7.33. The number of benzene rings is 1. The van der Waals surface area contributed by atoms with Gasteiger partial charge in [-0.1, -0.05) is 5.18 Å². The zero-order valence-electron chi connectivity index (χ0n) is 11.3. The summed E-state index contributed by atoms with van der Waals surface area (Å²) in [7, 11) is 1.76. The van der Waals surface area contributed by atoms with E-state index in [1.807, 2.05) is 6.07 Å². The van der Waals surface area contributed by atoms with Crippen LogP contribution in [0.25, 0.3) is 0 Å². The summed E-state index contributed by atoms with van der Waals surface area (Å²) in [5, 5.41) is 14.2. The van der Waals surface area contributed by atoms with Gasteiger partial charge in [0.15, 0.2) is 0 Å². The summed E-state index contributed by atoms with van der Waals surface area (Å²) in [5.74, 6) is 0.989. The molecule has 3 N–H and O–H groups in total. The molecule has 1 rings (SSSR count). The number of nitrogens with zero attached hydrogens (tertiary/aromatic N) is 3. The zero-order valence-corrected chi connectivity index (χ0v) is 11.3. The second-order valence-corrected chi connectivity index (χ2v) is 3.84. The maximum atomic E-state index is 10.0. The van der Waals surface area contributed by atoms with E-state index in [1.165, 1.54) is 0 Å². The van der Waals surface area contributed by atoms with Crippen LogP contribution in [0.3, 0.4) is 0 Å². The van der Waals surface area contributed by atoms with Gasteiger partial charge in [-0.2, -0.15) is 10.2 Å². The Labute approximate surface area is 117 Å². The van der Waals surface area contributed by atoms with Crippen molar-refractivity contribution in [2.24, 2.45) is 15.9 Å². The molecule has 0 aromatic heterocycles. The maximum Gasteiger partial charge on any atom is 0.142 e. The molecule has 0 spiro atoms. The number of amidine groups is 1. The van der Waals surface area contributed by atoms with Crippen molar-refractivity contribution in [2.45, 2.75) is 6.42 Å². The highest BCUT2D eigenvalue weighted by Gasteiger charge is 2.06. The molecular formula is C13H17N5O2. The number of hydrogen-bond donors (Lipinski definition) is 2. The van der Waals surface area contributed by atoms with Crippen LogP contribution >= 0.6 is 0 Å². The standard InChI is InChI=1S/C13H17N5O2/c1-16-11-9-10(13(15)17-6-2-5-14)3-4-12(11)20-8-7-18-19/h3-4,9,16H,2,6-8H2,1H3,(H2,15,17). The van der Waals surface area contributed by atoms with Gasteiger partial charge in [0.05, 0.1) is 24.7 Å². The van der Waals surface area contributed by atoms with Crippen LogP contribution in [-0.4, -0.2) is 32.6 Å². The molecule has 0 heterocycles. The van der Waals surface area contributed by atoms with E-state index in [9.17, 15) is 4.91 Å². The summed E-state index contributed by atoms with van der Waals surface area (Å²) < 4.78 is 5.42. The molecule has 0 fully saturated rings. The average molecular weight is 275 g/mol. The van der Waals surface area contributed by atoms with E-state index in [4.69, 9.17) is 15.7 Å². The van der Waals surface area contributed by atoms with Crippen molar-refractivity contribution in [3.8, 4) is 11.8 Å². The van der Waals surface area contributed by atoms with Crippen molar-refractivity contribution in [2.75, 3.05) is 32.1 Å². The van der Waals surface area contributed by atoms with Crippen molar-refractivity contribution < 1.29 is 4.74 Å². The van der Waals surface area contributed by atoms with Crippen LogP contribution in [0, 0.1) is 16.2 Å². The molecule has 106 valence electrons. The van der Waals surface area contributed by atoms with E-state index in [2.05, 4.69) is 15.5 Å². The van der Waals surface area contributed by atoms with Gasteiger partial charge in [0, 0.05) is 12.6 Å². The molecule has 7 nitrogen and oxygen atoms in total. The largest absolute Gasteiger partial charge is 0.489 e. The normalized spacial score (nSPS) is 10.7. The molecule has 0 radical (unpaired) electrons. The molecule has 0 unspecified atom stereocenters. The highest BCUT2D eigenvalue weighted by molar-refractivity contribution is 5.98. The van der Waals surface area contributed by atoms with Crippen LogP contribution in [0.15, 0.2) is 28.4 Å². The highest BCUT2D eigenvalue weighted by Crippen LogP contribution is 2.25. The van der Waals surface area contributed by atoms with E-state index in [-0.39, 0.29) is 13.2 Å². The van der Waals surface area contributed by atoms with Gasteiger partial charge in [-0.3, -0.25) is 4.99 Å². The quantitative estimate of drug-likeness (QED) is 0.323. The highest BCUT2D eigenvalue weighted by atomic mass is 16.5. The summed E-state index contributed by atoms with van der Waals surface area (Å²) in [5.41, 5.74) is 7.33. The van der Waals surface area contributed by atoms with Crippen LogP contribution < -0.4 is 15.8 Å². The monoisotopic (exact) mass is 275 g/mol. The summed E-state index contributed by atoms with van der Waals surface area (Å²) >= 11 is 0. The van der Waals surface area contributed by atoms with Crippen LogP contribution in [-0.2, 0) is 0 Å². The Balaban J connectivity index is 2.83. The minimum atomic E-state index is 0.0999. The van der Waals surface area contributed by atoms with Crippen molar-refractivity contribution in [3.05, 3.63) is 28.7 Å². The first-order valence-electron chi connectivity index (χ1n) is 6.14. The van der Waals surface area contributed by atoms with Gasteiger partial charge in [0.25, 0.3) is 0 Å². The maximum absolute atomic E-state index is 10.0. The van der Waals surface area contributed by atoms with Crippen molar-refractivity contribution in [3.63, 3.8) is 0 Å². The predicted molar refractivity (Wildman–Crippen MR) is 78.0 cm³/mol. The third kappa shape index (κ3) is 4.57. The van der Waals surface area contributed by atoms with E-state index in [0.29, 0.717) is 24.6 Å². The number of anilines is 1. The zero-order chi connectivity index (χ0) is 14.8. The number of rotatable bonds is 8. The van der Waals surface area contributed by atoms with Crippen LogP contribution in [0.4, 0.5) is 5.69 Å². The Hall–Kier alpha value is -2.62. The van der Waals surface area contributed by atoms with Gasteiger partial charge in [0.1, 0.15) is 24.7 Å². The molecule has 0 saturated heterocycles. The number of aliphatic imine (C=N–C) groups is 1. The molecule has 0 aliphatic carbocycles. The smallest absolute Gasteiger partial charge is 0.142 e. The van der Waals surface area contributed by atoms with E-state index >= 15 is 0 Å². The topological polar surface area (TPSA) is 113 Å². The fourth-order valence-corrected chi connectivity index (χ4v) is 1.52. The van der Waals surface area contributed by atoms with Gasteiger partial charge in [-0.15, -0.1) is 0 Å². The summed E-state index contributed by atoms with van der Waals surface area (Å²) in [4.78, 5) is 14.1. The Morgan fingerprint density at radius 2 is 2.30 bits per heavy atom. The second kappa shape index (κ2) is 8.48. The number of hydrogen-bond acceptors (Lipinski definition) is 6. The molecule has 1 aromatic rings. The molecule has 0 aliphatic rings. The molecule has 0 aliphatic heterocycles. The minimum Gasteiger partial charge on any atom is -0.489 e. The fourth-order valence-electron chi connectivity index (χ4n) is 1.52. The molecular weight excluding hydrogens is 258 g/mol. The lowest BCUT2D eigenvalue weighted by molar-refractivity contribution is 0.330. The fraction of sp³-hybridized carbons (Fsp3) is 0.385. The predicted octanol–water partition coefficient (Wildman–Crippen LogP) is 1.49. The first-order chi connectivity index (χ1) is 9.72. The molecule has 0 saturated carbocycles. The molecule has 7 heteroatoms. The molecule has 0 bridgehead atoms. The van der Waals surface area contributed by atoms with E-state index < -0.39 is 0 Å². The lowest BCUT2D eigenvalue weighted by Gasteiger charge is -2.11. The number of nitroso groups, excluding NO2 is 1. The van der Waals surface area contributed by atoms with Crippen LogP contribution in [0.2, 0.25) is 0 Å². The molecule has 0 atom stereocenters. The summed E-state index contributed by atoms with van der Waals surface area (Å²) in [6.45, 7) is 0.701. The van der Waals surface area contributed by atoms with Crippen LogP contribution in [0.5, 0.6) is 5.75 Å².